The molecule has 0 aromatic heterocycles. The third-order valence-corrected chi connectivity index (χ3v) is 3.89. The Hall–Kier alpha value is -1.66. The van der Waals surface area contributed by atoms with Crippen molar-refractivity contribution >= 4 is 35.3 Å². The molecule has 2 rings (SSSR count). The summed E-state index contributed by atoms with van der Waals surface area (Å²) in [6, 6.07) is 3.76. The van der Waals surface area contributed by atoms with Crippen LogP contribution in [0.1, 0.15) is 27.2 Å². The minimum Gasteiger partial charge on any atom is -0.487 e. The second-order valence-corrected chi connectivity index (χ2v) is 7.38. The molecule has 0 spiro atoms. The van der Waals surface area contributed by atoms with Gasteiger partial charge in [0.25, 0.3) is 0 Å². The van der Waals surface area contributed by atoms with E-state index in [1.165, 1.54) is 11.0 Å². The van der Waals surface area contributed by atoms with Crippen LogP contribution in [0.4, 0.5) is 4.79 Å². The molecule has 1 saturated heterocycles. The van der Waals surface area contributed by atoms with E-state index in [0.717, 1.165) is 0 Å². The molecule has 1 fully saturated rings. The molecule has 1 heterocycles. The quantitative estimate of drug-likeness (QED) is 0.868. The molecule has 24 heavy (non-hydrogen) atoms. The molecule has 1 amide bonds. The molecule has 1 aromatic carbocycles. The molecule has 6 nitrogen and oxygen atoms in total. The lowest BCUT2D eigenvalue weighted by Gasteiger charge is -2.26. The first-order valence-electron chi connectivity index (χ1n) is 7.41. The van der Waals surface area contributed by atoms with Crippen molar-refractivity contribution in [1.82, 2.24) is 4.90 Å². The number of carbonyl (C=O) groups is 2. The normalized spacial score (nSPS) is 20.8. The summed E-state index contributed by atoms with van der Waals surface area (Å²) in [6.07, 6.45) is -1.03. The predicted octanol–water partition coefficient (Wildman–Crippen LogP) is 3.83. The van der Waals surface area contributed by atoms with Crippen molar-refractivity contribution in [2.75, 3.05) is 6.54 Å². The van der Waals surface area contributed by atoms with Crippen molar-refractivity contribution in [2.24, 2.45) is 0 Å². The standard InChI is InChI=1S/C16H19Cl2NO5/c1-16(2,3)24-15(22)19-8-10(7-12(19)14(20)21)23-13-5-4-9(17)6-11(13)18/h4-6,10,12H,7-8H2,1-3H3,(H,20,21)/t10-,12-/m0/s1. The van der Waals surface area contributed by atoms with E-state index in [4.69, 9.17) is 32.7 Å². The molecule has 0 bridgehead atoms. The van der Waals surface area contributed by atoms with Gasteiger partial charge in [-0.3, -0.25) is 4.90 Å². The van der Waals surface area contributed by atoms with Crippen LogP contribution in [-0.4, -0.2) is 46.4 Å². The summed E-state index contributed by atoms with van der Waals surface area (Å²) in [5, 5.41) is 10.2. The van der Waals surface area contributed by atoms with Gasteiger partial charge in [0.05, 0.1) is 11.6 Å². The van der Waals surface area contributed by atoms with Crippen molar-refractivity contribution in [2.45, 2.75) is 44.9 Å². The Labute approximate surface area is 150 Å². The van der Waals surface area contributed by atoms with Gasteiger partial charge in [0, 0.05) is 11.4 Å². The Balaban J connectivity index is 2.11. The average molecular weight is 376 g/mol. The molecule has 0 unspecified atom stereocenters. The second-order valence-electron chi connectivity index (χ2n) is 6.54. The average Bonchev–Trinajstić information content (AvgIpc) is 2.84. The highest BCUT2D eigenvalue weighted by molar-refractivity contribution is 6.35. The highest BCUT2D eigenvalue weighted by Gasteiger charge is 2.42. The van der Waals surface area contributed by atoms with Crippen LogP contribution in [0.5, 0.6) is 5.75 Å². The Morgan fingerprint density at radius 3 is 2.50 bits per heavy atom. The van der Waals surface area contributed by atoms with Gasteiger partial charge in [0.15, 0.2) is 0 Å². The van der Waals surface area contributed by atoms with E-state index in [1.807, 2.05) is 0 Å². The van der Waals surface area contributed by atoms with Crippen molar-refractivity contribution in [3.8, 4) is 5.75 Å². The topological polar surface area (TPSA) is 76.1 Å². The molecular weight excluding hydrogens is 357 g/mol. The zero-order chi connectivity index (χ0) is 18.1. The molecule has 1 aromatic rings. The van der Waals surface area contributed by atoms with Crippen LogP contribution in [0.3, 0.4) is 0 Å². The van der Waals surface area contributed by atoms with Crippen LogP contribution < -0.4 is 4.74 Å². The fraction of sp³-hybridized carbons (Fsp3) is 0.500. The summed E-state index contributed by atoms with van der Waals surface area (Å²) in [6.45, 7) is 5.26. The number of aliphatic carboxylic acids is 1. The van der Waals surface area contributed by atoms with E-state index in [1.54, 1.807) is 32.9 Å². The highest BCUT2D eigenvalue weighted by Crippen LogP contribution is 2.31. The van der Waals surface area contributed by atoms with Crippen LogP contribution in [0.15, 0.2) is 18.2 Å². The molecule has 1 aliphatic rings. The molecule has 0 aliphatic carbocycles. The number of likely N-dealkylation sites (tertiary alicyclic amines) is 1. The number of carboxylic acid groups (broad SMARTS) is 1. The number of hydrogen-bond acceptors (Lipinski definition) is 4. The lowest BCUT2D eigenvalue weighted by molar-refractivity contribution is -0.142. The van der Waals surface area contributed by atoms with E-state index >= 15 is 0 Å². The molecule has 8 heteroatoms. The van der Waals surface area contributed by atoms with E-state index in [9.17, 15) is 14.7 Å². The number of amides is 1. The third-order valence-electron chi connectivity index (χ3n) is 3.36. The minimum atomic E-state index is -1.10. The summed E-state index contributed by atoms with van der Waals surface area (Å²) in [7, 11) is 0. The highest BCUT2D eigenvalue weighted by atomic mass is 35.5. The number of hydrogen-bond donors (Lipinski definition) is 1. The van der Waals surface area contributed by atoms with Crippen molar-refractivity contribution < 1.29 is 24.2 Å². The summed E-state index contributed by atoms with van der Waals surface area (Å²) in [5.74, 6) is -0.713. The third kappa shape index (κ3) is 4.68. The van der Waals surface area contributed by atoms with Crippen molar-refractivity contribution in [3.05, 3.63) is 28.2 Å². The molecule has 1 aliphatic heterocycles. The van der Waals surface area contributed by atoms with Gasteiger partial charge in [0.1, 0.15) is 23.5 Å². The van der Waals surface area contributed by atoms with Crippen LogP contribution in [0.25, 0.3) is 0 Å². The van der Waals surface area contributed by atoms with Gasteiger partial charge >= 0.3 is 12.1 Å². The van der Waals surface area contributed by atoms with Gasteiger partial charge in [0.2, 0.25) is 0 Å². The summed E-state index contributed by atoms with van der Waals surface area (Å²) in [5.41, 5.74) is -0.710. The summed E-state index contributed by atoms with van der Waals surface area (Å²) in [4.78, 5) is 24.8. The number of carbonyl (C=O) groups excluding carboxylic acids is 1. The molecule has 0 radical (unpaired) electrons. The molecule has 1 N–H and O–H groups in total. The maximum atomic E-state index is 12.2. The first kappa shape index (κ1) is 18.7. The number of nitrogens with zero attached hydrogens (tertiary/aromatic N) is 1. The fourth-order valence-electron chi connectivity index (χ4n) is 2.39. The van der Waals surface area contributed by atoms with Crippen LogP contribution in [-0.2, 0) is 9.53 Å². The van der Waals surface area contributed by atoms with E-state index in [2.05, 4.69) is 0 Å². The monoisotopic (exact) mass is 375 g/mol. The Morgan fingerprint density at radius 2 is 1.96 bits per heavy atom. The minimum absolute atomic E-state index is 0.102. The SMILES string of the molecule is CC(C)(C)OC(=O)N1C[C@@H](Oc2ccc(Cl)cc2Cl)C[C@H]1C(=O)O. The van der Waals surface area contributed by atoms with Crippen LogP contribution >= 0.6 is 23.2 Å². The lowest BCUT2D eigenvalue weighted by atomic mass is 10.2. The largest absolute Gasteiger partial charge is 0.487 e. The zero-order valence-corrected chi connectivity index (χ0v) is 15.1. The number of rotatable bonds is 3. The summed E-state index contributed by atoms with van der Waals surface area (Å²) >= 11 is 11.9. The maximum Gasteiger partial charge on any atom is 0.411 e. The Kier molecular flexibility index (Phi) is 5.50. The first-order chi connectivity index (χ1) is 11.1. The van der Waals surface area contributed by atoms with E-state index in [-0.39, 0.29) is 13.0 Å². The van der Waals surface area contributed by atoms with Gasteiger partial charge in [-0.05, 0) is 39.0 Å². The number of carboxylic acids is 1. The van der Waals surface area contributed by atoms with E-state index < -0.39 is 29.8 Å². The van der Waals surface area contributed by atoms with E-state index in [0.29, 0.717) is 15.8 Å². The second kappa shape index (κ2) is 7.07. The lowest BCUT2D eigenvalue weighted by Crippen LogP contribution is -2.43. The fourth-order valence-corrected chi connectivity index (χ4v) is 2.84. The predicted molar refractivity (Wildman–Crippen MR) is 89.9 cm³/mol. The van der Waals surface area contributed by atoms with Gasteiger partial charge in [-0.2, -0.15) is 0 Å². The smallest absolute Gasteiger partial charge is 0.411 e. The number of ether oxygens (including phenoxy) is 2. The molecular formula is C16H19Cl2NO5. The van der Waals surface area contributed by atoms with Crippen LogP contribution in [0, 0.1) is 0 Å². The van der Waals surface area contributed by atoms with Crippen molar-refractivity contribution in [3.63, 3.8) is 0 Å². The number of benzene rings is 1. The number of halogens is 2. The summed E-state index contributed by atoms with van der Waals surface area (Å²) < 4.78 is 11.0. The Bertz CT molecular complexity index is 644. The Morgan fingerprint density at radius 1 is 1.29 bits per heavy atom. The molecule has 0 saturated carbocycles. The first-order valence-corrected chi connectivity index (χ1v) is 8.16. The van der Waals surface area contributed by atoms with Gasteiger partial charge < -0.3 is 14.6 Å². The molecule has 132 valence electrons. The van der Waals surface area contributed by atoms with Gasteiger partial charge in [-0.25, -0.2) is 9.59 Å². The molecule has 2 atom stereocenters. The van der Waals surface area contributed by atoms with Gasteiger partial charge in [-0.1, -0.05) is 23.2 Å². The maximum absolute atomic E-state index is 12.2. The van der Waals surface area contributed by atoms with Crippen LogP contribution in [0.2, 0.25) is 10.0 Å². The zero-order valence-electron chi connectivity index (χ0n) is 13.6. The van der Waals surface area contributed by atoms with Gasteiger partial charge in [-0.15, -0.1) is 0 Å². The van der Waals surface area contributed by atoms with Crippen molar-refractivity contribution in [1.29, 1.82) is 0 Å².